The topological polar surface area (TPSA) is 73.8 Å². The van der Waals surface area contributed by atoms with Gasteiger partial charge in [-0.25, -0.2) is 0 Å². The lowest BCUT2D eigenvalue weighted by atomic mass is 10.3. The van der Waals surface area contributed by atoms with E-state index in [-0.39, 0.29) is 6.54 Å². The Morgan fingerprint density at radius 1 is 1.62 bits per heavy atom. The van der Waals surface area contributed by atoms with Crippen LogP contribution in [-0.4, -0.2) is 20.7 Å². The van der Waals surface area contributed by atoms with Gasteiger partial charge in [0.05, 0.1) is 6.20 Å². The van der Waals surface area contributed by atoms with Gasteiger partial charge in [0.2, 0.25) is 5.91 Å². The van der Waals surface area contributed by atoms with Gasteiger partial charge in [-0.05, 0) is 6.07 Å². The molecule has 0 saturated heterocycles. The van der Waals surface area contributed by atoms with Crippen molar-refractivity contribution in [1.29, 1.82) is 0 Å². The van der Waals surface area contributed by atoms with E-state index in [9.17, 15) is 4.79 Å². The van der Waals surface area contributed by atoms with E-state index in [0.717, 1.165) is 10.9 Å². The summed E-state index contributed by atoms with van der Waals surface area (Å²) in [5.74, 6) is -0.402. The Morgan fingerprint density at radius 2 is 2.46 bits per heavy atom. The first kappa shape index (κ1) is 7.72. The zero-order valence-electron chi connectivity index (χ0n) is 6.84. The summed E-state index contributed by atoms with van der Waals surface area (Å²) in [6.07, 6.45) is 5.09. The first-order chi connectivity index (χ1) is 6.25. The molecule has 0 aromatic carbocycles. The number of rotatable bonds is 2. The molecule has 0 aliphatic carbocycles. The van der Waals surface area contributed by atoms with E-state index in [2.05, 4.69) is 10.1 Å². The Balaban J connectivity index is 2.44. The summed E-state index contributed by atoms with van der Waals surface area (Å²) in [5, 5.41) is 5.06. The molecule has 0 spiro atoms. The average molecular weight is 176 g/mol. The molecule has 5 nitrogen and oxygen atoms in total. The highest BCUT2D eigenvalue weighted by Gasteiger charge is 2.01. The zero-order valence-corrected chi connectivity index (χ0v) is 6.84. The molecule has 13 heavy (non-hydrogen) atoms. The van der Waals surface area contributed by atoms with E-state index >= 15 is 0 Å². The Kier molecular flexibility index (Phi) is 1.70. The van der Waals surface area contributed by atoms with Crippen LogP contribution in [0, 0.1) is 0 Å². The van der Waals surface area contributed by atoms with Crippen molar-refractivity contribution in [3.05, 3.63) is 24.7 Å². The maximum Gasteiger partial charge on any atom is 0.239 e. The predicted octanol–water partition coefficient (Wildman–Crippen LogP) is -0.0834. The van der Waals surface area contributed by atoms with Crippen LogP contribution in [0.5, 0.6) is 0 Å². The molecular weight excluding hydrogens is 168 g/mol. The first-order valence-corrected chi connectivity index (χ1v) is 3.81. The van der Waals surface area contributed by atoms with E-state index in [0.29, 0.717) is 0 Å². The number of fused-ring (bicyclic) bond motifs is 1. The highest BCUT2D eigenvalue weighted by Crippen LogP contribution is 2.08. The second kappa shape index (κ2) is 2.85. The minimum absolute atomic E-state index is 0.106. The highest BCUT2D eigenvalue weighted by atomic mass is 16.1. The first-order valence-electron chi connectivity index (χ1n) is 3.81. The third-order valence-electron chi connectivity index (χ3n) is 1.67. The molecule has 2 N–H and O–H groups in total. The molecule has 0 aliphatic heterocycles. The molecule has 0 atom stereocenters. The molecule has 0 radical (unpaired) electrons. The molecule has 2 heterocycles. The molecular formula is C8H8N4O. The number of pyridine rings is 1. The zero-order chi connectivity index (χ0) is 9.26. The quantitative estimate of drug-likeness (QED) is 0.695. The summed E-state index contributed by atoms with van der Waals surface area (Å²) in [5.41, 5.74) is 5.80. The van der Waals surface area contributed by atoms with Crippen LogP contribution in [0.2, 0.25) is 0 Å². The number of primary amides is 1. The summed E-state index contributed by atoms with van der Waals surface area (Å²) in [7, 11) is 0. The van der Waals surface area contributed by atoms with Crippen molar-refractivity contribution in [2.24, 2.45) is 5.73 Å². The lowest BCUT2D eigenvalue weighted by molar-refractivity contribution is -0.118. The van der Waals surface area contributed by atoms with Crippen LogP contribution in [-0.2, 0) is 11.3 Å². The molecule has 66 valence electrons. The fourth-order valence-corrected chi connectivity index (χ4v) is 1.16. The van der Waals surface area contributed by atoms with Crippen LogP contribution in [0.25, 0.3) is 10.9 Å². The standard InChI is InChI=1S/C8H8N4O/c9-8(13)5-12-4-6-1-2-10-3-7(6)11-12/h1-4H,5H2,(H2,9,13). The fraction of sp³-hybridized carbons (Fsp3) is 0.125. The van der Waals surface area contributed by atoms with Gasteiger partial charge in [0.15, 0.2) is 0 Å². The van der Waals surface area contributed by atoms with Crippen LogP contribution in [0.1, 0.15) is 0 Å². The van der Waals surface area contributed by atoms with Gasteiger partial charge in [-0.2, -0.15) is 5.10 Å². The van der Waals surface area contributed by atoms with E-state index in [1.54, 1.807) is 18.6 Å². The molecule has 0 bridgehead atoms. The van der Waals surface area contributed by atoms with Crippen molar-refractivity contribution >= 4 is 16.8 Å². The van der Waals surface area contributed by atoms with E-state index in [1.807, 2.05) is 6.07 Å². The molecule has 0 fully saturated rings. The average Bonchev–Trinajstić information content (AvgIpc) is 2.44. The summed E-state index contributed by atoms with van der Waals surface area (Å²) in [6, 6.07) is 1.83. The van der Waals surface area contributed by atoms with Crippen molar-refractivity contribution in [3.8, 4) is 0 Å². The van der Waals surface area contributed by atoms with Crippen molar-refractivity contribution < 1.29 is 4.79 Å². The largest absolute Gasteiger partial charge is 0.368 e. The fourth-order valence-electron chi connectivity index (χ4n) is 1.16. The summed E-state index contributed by atoms with van der Waals surface area (Å²) in [4.78, 5) is 14.5. The Hall–Kier alpha value is -1.91. The van der Waals surface area contributed by atoms with Gasteiger partial charge in [0, 0.05) is 17.8 Å². The second-order valence-corrected chi connectivity index (χ2v) is 2.73. The van der Waals surface area contributed by atoms with Gasteiger partial charge in [-0.15, -0.1) is 0 Å². The van der Waals surface area contributed by atoms with Gasteiger partial charge in [-0.3, -0.25) is 14.5 Å². The third kappa shape index (κ3) is 1.48. The van der Waals surface area contributed by atoms with E-state index in [4.69, 9.17) is 5.73 Å². The van der Waals surface area contributed by atoms with E-state index in [1.165, 1.54) is 4.68 Å². The maximum absolute atomic E-state index is 10.6. The predicted molar refractivity (Wildman–Crippen MR) is 46.7 cm³/mol. The lowest BCUT2D eigenvalue weighted by Gasteiger charge is -1.92. The number of carbonyl (C=O) groups excluding carboxylic acids is 1. The summed E-state index contributed by atoms with van der Waals surface area (Å²) in [6.45, 7) is 0.106. The van der Waals surface area contributed by atoms with Crippen LogP contribution < -0.4 is 5.73 Å². The maximum atomic E-state index is 10.6. The molecule has 2 rings (SSSR count). The third-order valence-corrected chi connectivity index (χ3v) is 1.67. The summed E-state index contributed by atoms with van der Waals surface area (Å²) < 4.78 is 1.51. The van der Waals surface area contributed by atoms with Gasteiger partial charge >= 0.3 is 0 Å². The minimum atomic E-state index is -0.402. The number of hydrogen-bond donors (Lipinski definition) is 1. The SMILES string of the molecule is NC(=O)Cn1cc2ccncc2n1. The highest BCUT2D eigenvalue weighted by molar-refractivity contribution is 5.78. The van der Waals surface area contributed by atoms with Gasteiger partial charge in [-0.1, -0.05) is 0 Å². The van der Waals surface area contributed by atoms with Gasteiger partial charge in [0.1, 0.15) is 12.1 Å². The molecule has 2 aromatic rings. The minimum Gasteiger partial charge on any atom is -0.368 e. The van der Waals surface area contributed by atoms with Crippen molar-refractivity contribution in [1.82, 2.24) is 14.8 Å². The van der Waals surface area contributed by atoms with Crippen LogP contribution in [0.15, 0.2) is 24.7 Å². The van der Waals surface area contributed by atoms with Crippen LogP contribution >= 0.6 is 0 Å². The van der Waals surface area contributed by atoms with Crippen molar-refractivity contribution in [2.45, 2.75) is 6.54 Å². The van der Waals surface area contributed by atoms with Gasteiger partial charge in [0.25, 0.3) is 0 Å². The van der Waals surface area contributed by atoms with E-state index < -0.39 is 5.91 Å². The Labute approximate surface area is 74.2 Å². The second-order valence-electron chi connectivity index (χ2n) is 2.73. The molecule has 0 unspecified atom stereocenters. The normalized spacial score (nSPS) is 10.5. The van der Waals surface area contributed by atoms with Crippen LogP contribution in [0.3, 0.4) is 0 Å². The summed E-state index contributed by atoms with van der Waals surface area (Å²) >= 11 is 0. The van der Waals surface area contributed by atoms with Crippen molar-refractivity contribution in [2.75, 3.05) is 0 Å². The number of nitrogens with zero attached hydrogens (tertiary/aromatic N) is 3. The van der Waals surface area contributed by atoms with Crippen LogP contribution in [0.4, 0.5) is 0 Å². The number of amides is 1. The molecule has 5 heteroatoms. The lowest BCUT2D eigenvalue weighted by Crippen LogP contribution is -2.18. The number of hydrogen-bond acceptors (Lipinski definition) is 3. The Bertz CT molecular complexity index is 415. The smallest absolute Gasteiger partial charge is 0.239 e. The molecule has 1 amide bonds. The number of carbonyl (C=O) groups is 1. The molecule has 0 aliphatic rings. The monoisotopic (exact) mass is 176 g/mol. The number of aromatic nitrogens is 3. The molecule has 2 aromatic heterocycles. The van der Waals surface area contributed by atoms with Crippen molar-refractivity contribution in [3.63, 3.8) is 0 Å². The number of nitrogens with two attached hydrogens (primary N) is 1. The van der Waals surface area contributed by atoms with Gasteiger partial charge < -0.3 is 5.73 Å². The molecule has 0 saturated carbocycles. The Morgan fingerprint density at radius 3 is 3.15 bits per heavy atom.